The van der Waals surface area contributed by atoms with Gasteiger partial charge in [0.1, 0.15) is 58.6 Å². The summed E-state index contributed by atoms with van der Waals surface area (Å²) in [5, 5.41) is 8.95. The number of nitrogens with zero attached hydrogens (tertiary/aromatic N) is 6. The lowest BCUT2D eigenvalue weighted by atomic mass is 9.91. The first-order chi connectivity index (χ1) is 25.2. The standard InChI is InChI=1S/C35H29ClF6N8O2S/c1-4-46-31(44)20(11-36)16(2)50-9-10-51-29-25-28(47-34(48-33(25)50)52-15-18-14-49(3)8-7-17(18)12-37)27(39)24(26(29)35(40,41)42)19-5-6-22(38)30-23(19)21(13-43)32(45)53-30/h4-6,11-12,14,16H,1,7-10,15,45H2,2-3H3,(H2,44,46)/b17-12+,20-11-/t16-/m1/s1. The molecule has 4 aromatic rings. The van der Waals surface area contributed by atoms with Crippen LogP contribution in [0.3, 0.4) is 0 Å². The van der Waals surface area contributed by atoms with Gasteiger partial charge in [0.25, 0.3) is 0 Å². The highest BCUT2D eigenvalue weighted by Crippen LogP contribution is 2.53. The van der Waals surface area contributed by atoms with E-state index in [-0.39, 0.29) is 57.6 Å². The summed E-state index contributed by atoms with van der Waals surface area (Å²) in [5.41, 5.74) is 10.2. The van der Waals surface area contributed by atoms with Gasteiger partial charge in [-0.1, -0.05) is 24.2 Å². The van der Waals surface area contributed by atoms with Crippen LogP contribution in [0.5, 0.6) is 11.8 Å². The minimum Gasteiger partial charge on any atom is -0.490 e. The van der Waals surface area contributed by atoms with Gasteiger partial charge in [-0.3, -0.25) is 0 Å². The van der Waals surface area contributed by atoms with Crippen molar-refractivity contribution in [2.75, 3.05) is 44.0 Å². The van der Waals surface area contributed by atoms with Gasteiger partial charge in [-0.05, 0) is 30.5 Å². The van der Waals surface area contributed by atoms with Crippen molar-refractivity contribution in [3.63, 3.8) is 0 Å². The maximum absolute atomic E-state index is 17.3. The highest BCUT2D eigenvalue weighted by molar-refractivity contribution is 7.23. The van der Waals surface area contributed by atoms with Crippen molar-refractivity contribution in [2.24, 2.45) is 10.7 Å². The van der Waals surface area contributed by atoms with E-state index >= 15 is 22.0 Å². The van der Waals surface area contributed by atoms with Gasteiger partial charge in [0.2, 0.25) is 0 Å². The second kappa shape index (κ2) is 14.5. The quantitative estimate of drug-likeness (QED) is 0.104. The zero-order valence-corrected chi connectivity index (χ0v) is 29.6. The normalized spacial score (nSPS) is 16.8. The fraction of sp³-hybridized carbons (Fsp3) is 0.257. The van der Waals surface area contributed by atoms with E-state index in [9.17, 15) is 9.65 Å². The van der Waals surface area contributed by atoms with E-state index < -0.39 is 63.2 Å². The molecule has 0 aliphatic carbocycles. The van der Waals surface area contributed by atoms with Crippen LogP contribution in [0.15, 0.2) is 64.7 Å². The largest absolute Gasteiger partial charge is 0.490 e. The van der Waals surface area contributed by atoms with Gasteiger partial charge in [0.15, 0.2) is 5.82 Å². The number of nitrogen functional groups attached to an aromatic ring is 1. The fourth-order valence-corrected chi connectivity index (χ4v) is 7.65. The van der Waals surface area contributed by atoms with Crippen LogP contribution in [0.25, 0.3) is 32.1 Å². The van der Waals surface area contributed by atoms with Gasteiger partial charge in [-0.2, -0.15) is 28.4 Å². The summed E-state index contributed by atoms with van der Waals surface area (Å²) in [7, 11) is 1.78. The lowest BCUT2D eigenvalue weighted by Gasteiger charge is -2.31. The molecule has 0 saturated carbocycles. The average molecular weight is 775 g/mol. The summed E-state index contributed by atoms with van der Waals surface area (Å²) in [6.45, 7) is 4.88. The van der Waals surface area contributed by atoms with Crippen LogP contribution < -0.4 is 25.8 Å². The van der Waals surface area contributed by atoms with Gasteiger partial charge in [0, 0.05) is 53.6 Å². The molecular formula is C35H29ClF6N8O2S. The van der Waals surface area contributed by atoms with Gasteiger partial charge < -0.3 is 30.7 Å². The predicted molar refractivity (Wildman–Crippen MR) is 192 cm³/mol. The van der Waals surface area contributed by atoms with Crippen molar-refractivity contribution >= 4 is 60.6 Å². The van der Waals surface area contributed by atoms with Crippen molar-refractivity contribution in [3.05, 3.63) is 82.5 Å². The molecule has 0 radical (unpaired) electrons. The Balaban J connectivity index is 1.70. The van der Waals surface area contributed by atoms with Crippen molar-refractivity contribution in [2.45, 2.75) is 25.6 Å². The van der Waals surface area contributed by atoms with E-state index in [1.807, 2.05) is 4.90 Å². The minimum absolute atomic E-state index is 0.0604. The highest BCUT2D eigenvalue weighted by atomic mass is 35.5. The molecule has 6 rings (SSSR count). The fourth-order valence-electron chi connectivity index (χ4n) is 6.41. The van der Waals surface area contributed by atoms with Crippen molar-refractivity contribution < 1.29 is 35.8 Å². The van der Waals surface area contributed by atoms with Crippen LogP contribution in [0.4, 0.5) is 37.2 Å². The number of rotatable bonds is 8. The number of benzene rings is 2. The second-order valence-corrected chi connectivity index (χ2v) is 13.3. The molecule has 4 heterocycles. The first kappa shape index (κ1) is 37.3. The van der Waals surface area contributed by atoms with E-state index in [0.29, 0.717) is 41.8 Å². The third-order valence-corrected chi connectivity index (χ3v) is 10.2. The number of hydrogen-bond acceptors (Lipinski definition) is 10. The van der Waals surface area contributed by atoms with Crippen LogP contribution in [-0.4, -0.2) is 60.1 Å². The molecule has 0 saturated heterocycles. The summed E-state index contributed by atoms with van der Waals surface area (Å²) in [5.74, 6) is -3.48. The molecule has 2 aromatic heterocycles. The summed E-state index contributed by atoms with van der Waals surface area (Å²) in [6, 6.07) is 2.28. The Labute approximate surface area is 307 Å². The number of hydrogen-bond donors (Lipinski definition) is 2. The Morgan fingerprint density at radius 2 is 2.02 bits per heavy atom. The van der Waals surface area contributed by atoms with E-state index in [2.05, 4.69) is 21.5 Å². The Bertz CT molecular complexity index is 2330. The second-order valence-electron chi connectivity index (χ2n) is 12.0. The van der Waals surface area contributed by atoms with Gasteiger partial charge >= 0.3 is 12.2 Å². The van der Waals surface area contributed by atoms with Crippen LogP contribution in [0.2, 0.25) is 0 Å². The number of aliphatic imine (C=N–C) groups is 1. The van der Waals surface area contributed by atoms with Crippen LogP contribution in [0.1, 0.15) is 24.5 Å². The Morgan fingerprint density at radius 3 is 2.68 bits per heavy atom. The molecule has 0 spiro atoms. The third-order valence-electron chi connectivity index (χ3n) is 8.91. The summed E-state index contributed by atoms with van der Waals surface area (Å²) in [6.07, 6.45) is -1.65. The minimum atomic E-state index is -5.28. The summed E-state index contributed by atoms with van der Waals surface area (Å²) < 4.78 is 104. The first-order valence-corrected chi connectivity index (χ1v) is 17.0. The zero-order chi connectivity index (χ0) is 38.4. The van der Waals surface area contributed by atoms with E-state index in [1.54, 1.807) is 26.2 Å². The molecule has 0 bridgehead atoms. The first-order valence-electron chi connectivity index (χ1n) is 15.8. The van der Waals surface area contributed by atoms with E-state index in [1.165, 1.54) is 11.1 Å². The summed E-state index contributed by atoms with van der Waals surface area (Å²) >= 11 is 6.80. The number of ether oxygens (including phenoxy) is 2. The highest BCUT2D eigenvalue weighted by Gasteiger charge is 2.44. The number of anilines is 2. The molecule has 2 aromatic carbocycles. The SMILES string of the molecule is C=CN=C(N)/C(=C\Cl)[C@@H](C)N1CCOc2c(C(F)(F)F)c(-c3ccc(F)c4sc(N)c(C#N)c34)c(F)c3nc(OCC4=CN(C)CC/C4=C\F)nc1c23. The van der Waals surface area contributed by atoms with Crippen molar-refractivity contribution in [3.8, 4) is 29.0 Å². The average Bonchev–Trinajstić information content (AvgIpc) is 3.34. The maximum atomic E-state index is 17.3. The zero-order valence-electron chi connectivity index (χ0n) is 28.0. The molecule has 0 unspecified atom stereocenters. The number of halogens is 7. The lowest BCUT2D eigenvalue weighted by molar-refractivity contribution is -0.138. The maximum Gasteiger partial charge on any atom is 0.420 e. The number of thiophene rings is 1. The smallest absolute Gasteiger partial charge is 0.420 e. The topological polar surface area (TPSA) is 139 Å². The van der Waals surface area contributed by atoms with Gasteiger partial charge in [-0.15, -0.1) is 11.3 Å². The van der Waals surface area contributed by atoms with E-state index in [0.717, 1.165) is 17.7 Å². The molecule has 10 nitrogen and oxygen atoms in total. The van der Waals surface area contributed by atoms with Crippen molar-refractivity contribution in [1.29, 1.82) is 5.26 Å². The number of fused-ring (bicyclic) bond motifs is 1. The predicted octanol–water partition coefficient (Wildman–Crippen LogP) is 7.92. The Kier molecular flexibility index (Phi) is 10.2. The number of alkyl halides is 3. The van der Waals surface area contributed by atoms with Crippen LogP contribution in [-0.2, 0) is 6.18 Å². The molecule has 53 heavy (non-hydrogen) atoms. The lowest BCUT2D eigenvalue weighted by Crippen LogP contribution is -2.40. The van der Waals surface area contributed by atoms with Gasteiger partial charge in [-0.25, -0.2) is 18.2 Å². The monoisotopic (exact) mass is 774 g/mol. The molecule has 2 aliphatic rings. The Morgan fingerprint density at radius 1 is 1.26 bits per heavy atom. The number of nitriles is 1. The number of nitrogens with two attached hydrogens (primary N) is 2. The molecule has 0 fully saturated rings. The molecular weight excluding hydrogens is 746 g/mol. The summed E-state index contributed by atoms with van der Waals surface area (Å²) in [4.78, 5) is 16.0. The van der Waals surface area contributed by atoms with Crippen LogP contribution in [0, 0.1) is 23.0 Å². The Hall–Kier alpha value is -5.47. The number of amidine groups is 1. The van der Waals surface area contributed by atoms with Gasteiger partial charge in [0.05, 0.1) is 34.6 Å². The molecule has 0 amide bonds. The van der Waals surface area contributed by atoms with Crippen LogP contribution >= 0.6 is 22.9 Å². The van der Waals surface area contributed by atoms with Crippen molar-refractivity contribution in [1.82, 2.24) is 14.9 Å². The van der Waals surface area contributed by atoms with E-state index in [4.69, 9.17) is 32.5 Å². The molecule has 276 valence electrons. The molecule has 18 heteroatoms. The third kappa shape index (κ3) is 6.57. The molecule has 2 aliphatic heterocycles. The molecule has 4 N–H and O–H groups in total. The molecule has 1 atom stereocenters. The number of aromatic nitrogens is 2.